The zero-order valence-electron chi connectivity index (χ0n) is 18.7. The number of halogens is 2. The number of hydrogen-bond donors (Lipinski definition) is 1. The van der Waals surface area contributed by atoms with Crippen LogP contribution in [0.15, 0.2) is 36.4 Å². The lowest BCUT2D eigenvalue weighted by Crippen LogP contribution is -2.50. The normalized spacial score (nSPS) is 12.7. The molecule has 0 aliphatic rings. The maximum absolute atomic E-state index is 13.1. The Labute approximate surface area is 194 Å². The van der Waals surface area contributed by atoms with Gasteiger partial charge in [0, 0.05) is 28.2 Å². The Bertz CT molecular complexity index is 913. The van der Waals surface area contributed by atoms with E-state index in [1.54, 1.807) is 25.1 Å². The molecule has 2 rings (SSSR count). The van der Waals surface area contributed by atoms with Crippen molar-refractivity contribution in [2.45, 2.75) is 59.7 Å². The highest BCUT2D eigenvalue weighted by Crippen LogP contribution is 2.27. The third-order valence-corrected chi connectivity index (χ3v) is 6.11. The van der Waals surface area contributed by atoms with E-state index in [0.717, 1.165) is 17.5 Å². The quantitative estimate of drug-likeness (QED) is 0.545. The number of ether oxygens (including phenoxy) is 1. The number of benzene rings is 2. The summed E-state index contributed by atoms with van der Waals surface area (Å²) in [5, 5.41) is 3.81. The second-order valence-corrected chi connectivity index (χ2v) is 8.56. The van der Waals surface area contributed by atoms with Crippen LogP contribution in [0.2, 0.25) is 10.0 Å². The van der Waals surface area contributed by atoms with Crippen LogP contribution >= 0.6 is 23.2 Å². The first-order valence-corrected chi connectivity index (χ1v) is 11.1. The van der Waals surface area contributed by atoms with Gasteiger partial charge in [0.1, 0.15) is 11.8 Å². The van der Waals surface area contributed by atoms with Gasteiger partial charge >= 0.3 is 0 Å². The topological polar surface area (TPSA) is 58.6 Å². The van der Waals surface area contributed by atoms with Crippen molar-refractivity contribution in [2.75, 3.05) is 6.61 Å². The lowest BCUT2D eigenvalue weighted by Gasteiger charge is -2.30. The lowest BCUT2D eigenvalue weighted by molar-refractivity contribution is -0.142. The Morgan fingerprint density at radius 1 is 1.06 bits per heavy atom. The van der Waals surface area contributed by atoms with Gasteiger partial charge in [-0.2, -0.15) is 0 Å². The van der Waals surface area contributed by atoms with Crippen LogP contribution in [0, 0.1) is 13.8 Å². The Morgan fingerprint density at radius 3 is 2.29 bits per heavy atom. The van der Waals surface area contributed by atoms with Crippen molar-refractivity contribution in [3.05, 3.63) is 63.1 Å². The Morgan fingerprint density at radius 2 is 1.71 bits per heavy atom. The van der Waals surface area contributed by atoms with Gasteiger partial charge < -0.3 is 15.0 Å². The summed E-state index contributed by atoms with van der Waals surface area (Å²) in [4.78, 5) is 27.3. The molecule has 0 unspecified atom stereocenters. The Hall–Kier alpha value is -2.24. The molecule has 0 aliphatic carbocycles. The maximum atomic E-state index is 13.1. The zero-order chi connectivity index (χ0) is 23.1. The van der Waals surface area contributed by atoms with Gasteiger partial charge in [0.25, 0.3) is 5.91 Å². The van der Waals surface area contributed by atoms with E-state index in [1.165, 1.54) is 4.90 Å². The van der Waals surface area contributed by atoms with Crippen LogP contribution in [-0.4, -0.2) is 35.4 Å². The minimum absolute atomic E-state index is 0.00240. The highest BCUT2D eigenvalue weighted by molar-refractivity contribution is 6.36. The largest absolute Gasteiger partial charge is 0.484 e. The molecule has 2 aromatic rings. The molecule has 7 heteroatoms. The molecule has 2 aromatic carbocycles. The monoisotopic (exact) mass is 464 g/mol. The minimum Gasteiger partial charge on any atom is -0.484 e. The van der Waals surface area contributed by atoms with Gasteiger partial charge in [0.2, 0.25) is 5.91 Å². The number of carbonyl (C=O) groups is 2. The van der Waals surface area contributed by atoms with E-state index in [1.807, 2.05) is 45.9 Å². The third-order valence-electron chi connectivity index (χ3n) is 5.40. The highest BCUT2D eigenvalue weighted by Gasteiger charge is 2.28. The lowest BCUT2D eigenvalue weighted by atomic mass is 10.1. The summed E-state index contributed by atoms with van der Waals surface area (Å²) >= 11 is 12.6. The fraction of sp³-hybridized carbons (Fsp3) is 0.417. The standard InChI is InChI=1S/C24H30Cl2N2O3/c1-6-17(4)27-24(30)18(5)28(13-20-21(25)8-7-9-22(20)26)23(29)14-31-19-11-10-15(2)16(3)12-19/h7-12,17-18H,6,13-14H2,1-5H3,(H,27,30)/t17-,18-/m1/s1. The van der Waals surface area contributed by atoms with Gasteiger partial charge in [-0.15, -0.1) is 0 Å². The SMILES string of the molecule is CC[C@@H](C)NC(=O)[C@@H](C)N(Cc1c(Cl)cccc1Cl)C(=O)COc1ccc(C)c(C)c1. The number of amides is 2. The van der Waals surface area contributed by atoms with Crippen LogP contribution in [0.25, 0.3) is 0 Å². The highest BCUT2D eigenvalue weighted by atomic mass is 35.5. The van der Waals surface area contributed by atoms with Crippen molar-refractivity contribution in [2.24, 2.45) is 0 Å². The van der Waals surface area contributed by atoms with E-state index in [2.05, 4.69) is 5.32 Å². The number of nitrogens with zero attached hydrogens (tertiary/aromatic N) is 1. The van der Waals surface area contributed by atoms with Crippen LogP contribution in [0.3, 0.4) is 0 Å². The molecular weight excluding hydrogens is 435 g/mol. The number of aryl methyl sites for hydroxylation is 2. The van der Waals surface area contributed by atoms with Crippen LogP contribution in [-0.2, 0) is 16.1 Å². The Balaban J connectivity index is 2.23. The van der Waals surface area contributed by atoms with Gasteiger partial charge in [0.15, 0.2) is 6.61 Å². The van der Waals surface area contributed by atoms with E-state index in [9.17, 15) is 9.59 Å². The minimum atomic E-state index is -0.725. The van der Waals surface area contributed by atoms with Crippen LogP contribution < -0.4 is 10.1 Å². The third kappa shape index (κ3) is 6.88. The molecule has 0 bridgehead atoms. The average molecular weight is 465 g/mol. The molecule has 31 heavy (non-hydrogen) atoms. The smallest absolute Gasteiger partial charge is 0.261 e. The molecule has 0 saturated carbocycles. The summed E-state index contributed by atoms with van der Waals surface area (Å²) in [6, 6.07) is 10.1. The van der Waals surface area contributed by atoms with E-state index in [4.69, 9.17) is 27.9 Å². The molecular formula is C24H30Cl2N2O3. The number of carbonyl (C=O) groups excluding carboxylic acids is 2. The predicted octanol–water partition coefficient (Wildman–Crippen LogP) is 5.32. The van der Waals surface area contributed by atoms with Crippen molar-refractivity contribution >= 4 is 35.0 Å². The van der Waals surface area contributed by atoms with Gasteiger partial charge in [0.05, 0.1) is 0 Å². The molecule has 168 valence electrons. The van der Waals surface area contributed by atoms with Crippen molar-refractivity contribution in [3.8, 4) is 5.75 Å². The first-order valence-electron chi connectivity index (χ1n) is 10.4. The summed E-state index contributed by atoms with van der Waals surface area (Å²) < 4.78 is 5.73. The number of nitrogens with one attached hydrogen (secondary N) is 1. The van der Waals surface area contributed by atoms with Crippen molar-refractivity contribution < 1.29 is 14.3 Å². The number of rotatable bonds is 9. The van der Waals surface area contributed by atoms with Crippen molar-refractivity contribution in [1.29, 1.82) is 0 Å². The molecule has 2 amide bonds. The molecule has 0 saturated heterocycles. The van der Waals surface area contributed by atoms with E-state index in [-0.39, 0.29) is 31.0 Å². The average Bonchev–Trinajstić information content (AvgIpc) is 2.73. The second-order valence-electron chi connectivity index (χ2n) is 7.75. The van der Waals surface area contributed by atoms with Gasteiger partial charge in [-0.3, -0.25) is 9.59 Å². The van der Waals surface area contributed by atoms with Crippen LogP contribution in [0.5, 0.6) is 5.75 Å². The first kappa shape index (κ1) is 25.0. The van der Waals surface area contributed by atoms with Gasteiger partial charge in [-0.25, -0.2) is 0 Å². The molecule has 2 atom stereocenters. The molecule has 0 spiro atoms. The second kappa shape index (κ2) is 11.4. The molecule has 0 radical (unpaired) electrons. The summed E-state index contributed by atoms with van der Waals surface area (Å²) in [6.07, 6.45) is 0.790. The molecule has 0 aliphatic heterocycles. The van der Waals surface area contributed by atoms with Crippen molar-refractivity contribution in [3.63, 3.8) is 0 Å². The van der Waals surface area contributed by atoms with Crippen molar-refractivity contribution in [1.82, 2.24) is 10.2 Å². The van der Waals surface area contributed by atoms with E-state index < -0.39 is 6.04 Å². The van der Waals surface area contributed by atoms with E-state index >= 15 is 0 Å². The fourth-order valence-corrected chi connectivity index (χ4v) is 3.45. The zero-order valence-corrected chi connectivity index (χ0v) is 20.2. The molecule has 5 nitrogen and oxygen atoms in total. The summed E-state index contributed by atoms with van der Waals surface area (Å²) in [7, 11) is 0. The number of hydrogen-bond acceptors (Lipinski definition) is 3. The van der Waals surface area contributed by atoms with Crippen LogP contribution in [0.4, 0.5) is 0 Å². The molecule has 0 fully saturated rings. The fourth-order valence-electron chi connectivity index (χ4n) is 2.93. The van der Waals surface area contributed by atoms with Gasteiger partial charge in [-0.1, -0.05) is 42.3 Å². The molecule has 0 heterocycles. The summed E-state index contributed by atoms with van der Waals surface area (Å²) in [5.74, 6) is 0.0296. The van der Waals surface area contributed by atoms with Crippen LogP contribution in [0.1, 0.15) is 43.9 Å². The maximum Gasteiger partial charge on any atom is 0.261 e. The molecule has 1 N–H and O–H groups in total. The Kier molecular flexibility index (Phi) is 9.20. The van der Waals surface area contributed by atoms with E-state index in [0.29, 0.717) is 21.4 Å². The van der Waals surface area contributed by atoms with Gasteiger partial charge in [-0.05, 0) is 69.5 Å². The summed E-state index contributed by atoms with van der Waals surface area (Å²) in [5.41, 5.74) is 2.81. The first-order chi connectivity index (χ1) is 14.6. The molecule has 0 aromatic heterocycles. The summed E-state index contributed by atoms with van der Waals surface area (Å²) in [6.45, 7) is 9.49. The predicted molar refractivity (Wildman–Crippen MR) is 126 cm³/mol.